The van der Waals surface area contributed by atoms with Gasteiger partial charge in [-0.25, -0.2) is 4.39 Å². The lowest BCUT2D eigenvalue weighted by Crippen LogP contribution is -2.19. The minimum Gasteiger partial charge on any atom is -0.371 e. The van der Waals surface area contributed by atoms with Gasteiger partial charge in [0.25, 0.3) is 0 Å². The van der Waals surface area contributed by atoms with Crippen LogP contribution in [0.3, 0.4) is 0 Å². The minimum absolute atomic E-state index is 0.205. The van der Waals surface area contributed by atoms with E-state index in [2.05, 4.69) is 0 Å². The number of halogens is 1. The lowest BCUT2D eigenvalue weighted by molar-refractivity contribution is 0.0453. The SMILES string of the molecule is CC=CC1=CCC(CF)OC1. The average Bonchev–Trinajstić information content (AvgIpc) is 2.07. The van der Waals surface area contributed by atoms with Crippen molar-refractivity contribution in [3.63, 3.8) is 0 Å². The Morgan fingerprint density at radius 1 is 1.82 bits per heavy atom. The number of ether oxygens (including phenoxy) is 1. The molecule has 0 aromatic carbocycles. The molecule has 1 unspecified atom stereocenters. The molecule has 11 heavy (non-hydrogen) atoms. The fourth-order valence-electron chi connectivity index (χ4n) is 1.06. The number of hydrogen-bond acceptors (Lipinski definition) is 1. The molecule has 0 amide bonds. The van der Waals surface area contributed by atoms with Gasteiger partial charge in [0.2, 0.25) is 0 Å². The summed E-state index contributed by atoms with van der Waals surface area (Å²) in [4.78, 5) is 0. The first-order chi connectivity index (χ1) is 5.36. The predicted octanol–water partition coefficient (Wildman–Crippen LogP) is 2.25. The van der Waals surface area contributed by atoms with Gasteiger partial charge in [-0.2, -0.15) is 0 Å². The van der Waals surface area contributed by atoms with Gasteiger partial charge in [-0.05, 0) is 18.9 Å². The Kier molecular flexibility index (Phi) is 3.30. The second-order valence-electron chi connectivity index (χ2n) is 2.60. The maximum absolute atomic E-state index is 12.0. The summed E-state index contributed by atoms with van der Waals surface area (Å²) in [5.41, 5.74) is 1.15. The van der Waals surface area contributed by atoms with E-state index in [1.54, 1.807) is 0 Å². The molecule has 0 fully saturated rings. The van der Waals surface area contributed by atoms with Gasteiger partial charge in [0.15, 0.2) is 0 Å². The lowest BCUT2D eigenvalue weighted by atomic mass is 10.1. The first-order valence-corrected chi connectivity index (χ1v) is 3.86. The summed E-state index contributed by atoms with van der Waals surface area (Å²) in [6.07, 6.45) is 6.49. The summed E-state index contributed by atoms with van der Waals surface area (Å²) < 4.78 is 17.2. The molecule has 1 aliphatic heterocycles. The molecule has 0 spiro atoms. The highest BCUT2D eigenvalue weighted by molar-refractivity contribution is 5.20. The third kappa shape index (κ3) is 2.46. The topological polar surface area (TPSA) is 9.23 Å². The van der Waals surface area contributed by atoms with Crippen LogP contribution in [0.4, 0.5) is 4.39 Å². The fraction of sp³-hybridized carbons (Fsp3) is 0.556. The van der Waals surface area contributed by atoms with Crippen LogP contribution in [0.25, 0.3) is 0 Å². The molecule has 0 aromatic heterocycles. The number of allylic oxidation sites excluding steroid dienone is 1. The van der Waals surface area contributed by atoms with E-state index in [1.807, 2.05) is 25.2 Å². The molecule has 1 rings (SSSR count). The maximum Gasteiger partial charge on any atom is 0.116 e. The van der Waals surface area contributed by atoms with Crippen LogP contribution in [0.2, 0.25) is 0 Å². The average molecular weight is 156 g/mol. The normalized spacial score (nSPS) is 25.6. The van der Waals surface area contributed by atoms with Crippen LogP contribution >= 0.6 is 0 Å². The van der Waals surface area contributed by atoms with Gasteiger partial charge in [-0.15, -0.1) is 0 Å². The maximum atomic E-state index is 12.0. The molecule has 0 bridgehead atoms. The molecular weight excluding hydrogens is 143 g/mol. The number of hydrogen-bond donors (Lipinski definition) is 0. The van der Waals surface area contributed by atoms with E-state index in [4.69, 9.17) is 4.74 Å². The van der Waals surface area contributed by atoms with Crippen molar-refractivity contribution in [2.75, 3.05) is 13.3 Å². The van der Waals surface area contributed by atoms with Crippen LogP contribution in [0, 0.1) is 0 Å². The quantitative estimate of drug-likeness (QED) is 0.595. The predicted molar refractivity (Wildman–Crippen MR) is 43.2 cm³/mol. The highest BCUT2D eigenvalue weighted by atomic mass is 19.1. The Bertz CT molecular complexity index is 172. The van der Waals surface area contributed by atoms with Gasteiger partial charge in [-0.3, -0.25) is 0 Å². The zero-order valence-electron chi connectivity index (χ0n) is 6.72. The van der Waals surface area contributed by atoms with E-state index in [1.165, 1.54) is 0 Å². The molecule has 62 valence electrons. The van der Waals surface area contributed by atoms with Crippen molar-refractivity contribution >= 4 is 0 Å². The second kappa shape index (κ2) is 4.29. The van der Waals surface area contributed by atoms with Gasteiger partial charge in [0.05, 0.1) is 12.7 Å². The van der Waals surface area contributed by atoms with Crippen molar-refractivity contribution in [3.8, 4) is 0 Å². The zero-order valence-corrected chi connectivity index (χ0v) is 6.72. The van der Waals surface area contributed by atoms with Gasteiger partial charge in [0, 0.05) is 0 Å². The summed E-state index contributed by atoms with van der Waals surface area (Å²) in [5.74, 6) is 0. The van der Waals surface area contributed by atoms with E-state index in [0.717, 1.165) is 5.57 Å². The summed E-state index contributed by atoms with van der Waals surface area (Å²) in [5, 5.41) is 0. The van der Waals surface area contributed by atoms with Crippen molar-refractivity contribution in [1.29, 1.82) is 0 Å². The van der Waals surface area contributed by atoms with E-state index in [-0.39, 0.29) is 12.8 Å². The first kappa shape index (κ1) is 8.47. The third-order valence-electron chi connectivity index (χ3n) is 1.68. The van der Waals surface area contributed by atoms with Crippen molar-refractivity contribution < 1.29 is 9.13 Å². The van der Waals surface area contributed by atoms with Crippen LogP contribution in [-0.4, -0.2) is 19.4 Å². The monoisotopic (exact) mass is 156 g/mol. The van der Waals surface area contributed by atoms with Crippen LogP contribution in [0.5, 0.6) is 0 Å². The van der Waals surface area contributed by atoms with Crippen LogP contribution in [0.1, 0.15) is 13.3 Å². The molecule has 1 atom stereocenters. The summed E-state index contributed by atoms with van der Waals surface area (Å²) in [7, 11) is 0. The second-order valence-corrected chi connectivity index (χ2v) is 2.60. The highest BCUT2D eigenvalue weighted by Gasteiger charge is 2.12. The Hall–Kier alpha value is -0.630. The third-order valence-corrected chi connectivity index (χ3v) is 1.68. The number of alkyl halides is 1. The molecule has 0 aromatic rings. The molecule has 1 nitrogen and oxygen atoms in total. The van der Waals surface area contributed by atoms with Crippen LogP contribution in [-0.2, 0) is 4.74 Å². The molecule has 2 heteroatoms. The molecule has 1 aliphatic rings. The zero-order chi connectivity index (χ0) is 8.10. The van der Waals surface area contributed by atoms with Gasteiger partial charge >= 0.3 is 0 Å². The van der Waals surface area contributed by atoms with Crippen LogP contribution in [0.15, 0.2) is 23.8 Å². The molecule has 0 aliphatic carbocycles. The van der Waals surface area contributed by atoms with Crippen molar-refractivity contribution in [1.82, 2.24) is 0 Å². The van der Waals surface area contributed by atoms with Gasteiger partial charge in [-0.1, -0.05) is 18.2 Å². The lowest BCUT2D eigenvalue weighted by Gasteiger charge is -2.18. The largest absolute Gasteiger partial charge is 0.371 e. The van der Waals surface area contributed by atoms with Crippen molar-refractivity contribution in [2.45, 2.75) is 19.4 Å². The molecular formula is C9H13FO. The summed E-state index contributed by atoms with van der Waals surface area (Å²) in [6.45, 7) is 2.14. The minimum atomic E-state index is -0.375. The van der Waals surface area contributed by atoms with Crippen LogP contribution < -0.4 is 0 Å². The number of rotatable bonds is 2. The molecule has 0 saturated heterocycles. The van der Waals surface area contributed by atoms with E-state index in [9.17, 15) is 4.39 Å². The molecule has 0 saturated carbocycles. The van der Waals surface area contributed by atoms with E-state index < -0.39 is 0 Å². The standard InChI is InChI=1S/C9H13FO/c1-2-3-8-4-5-9(6-10)11-7-8/h2-4,9H,5-7H2,1H3. The Morgan fingerprint density at radius 3 is 3.09 bits per heavy atom. The van der Waals surface area contributed by atoms with Gasteiger partial charge in [0.1, 0.15) is 6.67 Å². The Morgan fingerprint density at radius 2 is 2.64 bits per heavy atom. The van der Waals surface area contributed by atoms with Gasteiger partial charge < -0.3 is 4.74 Å². The smallest absolute Gasteiger partial charge is 0.116 e. The summed E-state index contributed by atoms with van der Waals surface area (Å²) >= 11 is 0. The first-order valence-electron chi connectivity index (χ1n) is 3.86. The van der Waals surface area contributed by atoms with Crippen molar-refractivity contribution in [3.05, 3.63) is 23.8 Å². The van der Waals surface area contributed by atoms with E-state index >= 15 is 0 Å². The Balaban J connectivity index is 2.43. The molecule has 0 N–H and O–H groups in total. The Labute approximate surface area is 66.6 Å². The van der Waals surface area contributed by atoms with Crippen molar-refractivity contribution in [2.24, 2.45) is 0 Å². The summed E-state index contributed by atoms with van der Waals surface area (Å²) in [6, 6.07) is 0. The molecule has 0 radical (unpaired) electrons. The fourth-order valence-corrected chi connectivity index (χ4v) is 1.06. The highest BCUT2D eigenvalue weighted by Crippen LogP contribution is 2.13. The van der Waals surface area contributed by atoms with E-state index in [0.29, 0.717) is 13.0 Å². The molecule has 1 heterocycles.